The summed E-state index contributed by atoms with van der Waals surface area (Å²) < 4.78 is 5.40. The number of nitrogens with one attached hydrogen (secondary N) is 2. The van der Waals surface area contributed by atoms with Gasteiger partial charge in [-0.2, -0.15) is 0 Å². The summed E-state index contributed by atoms with van der Waals surface area (Å²) in [7, 11) is 0. The van der Waals surface area contributed by atoms with Crippen molar-refractivity contribution in [3.05, 3.63) is 23.7 Å². The van der Waals surface area contributed by atoms with Crippen LogP contribution in [0.1, 0.15) is 37.2 Å². The molecule has 1 fully saturated rings. The Bertz CT molecular complexity index is 381. The summed E-state index contributed by atoms with van der Waals surface area (Å²) in [6, 6.07) is 3.82. The van der Waals surface area contributed by atoms with E-state index >= 15 is 0 Å². The van der Waals surface area contributed by atoms with Crippen molar-refractivity contribution >= 4 is 5.91 Å². The number of amides is 1. The molecule has 1 aliphatic heterocycles. The zero-order valence-corrected chi connectivity index (χ0v) is 11.0. The molecule has 1 aliphatic rings. The summed E-state index contributed by atoms with van der Waals surface area (Å²) in [6.45, 7) is 4.59. The second-order valence-electron chi connectivity index (χ2n) is 5.04. The summed E-state index contributed by atoms with van der Waals surface area (Å²) in [5.74, 6) is 2.48. The van der Waals surface area contributed by atoms with Crippen molar-refractivity contribution in [1.29, 1.82) is 0 Å². The molecule has 1 unspecified atom stereocenters. The number of furan rings is 1. The van der Waals surface area contributed by atoms with E-state index in [1.165, 1.54) is 12.8 Å². The van der Waals surface area contributed by atoms with Gasteiger partial charge in [-0.3, -0.25) is 4.79 Å². The molecule has 2 rings (SSSR count). The van der Waals surface area contributed by atoms with E-state index in [1.807, 2.05) is 19.1 Å². The lowest BCUT2D eigenvalue weighted by atomic mass is 9.94. The van der Waals surface area contributed by atoms with Crippen LogP contribution in [0.15, 0.2) is 16.5 Å². The number of carbonyl (C=O) groups is 1. The third-order valence-corrected chi connectivity index (χ3v) is 3.43. The van der Waals surface area contributed by atoms with E-state index in [4.69, 9.17) is 4.42 Å². The van der Waals surface area contributed by atoms with Gasteiger partial charge in [0.15, 0.2) is 0 Å². The van der Waals surface area contributed by atoms with Crippen molar-refractivity contribution < 1.29 is 9.21 Å². The van der Waals surface area contributed by atoms with Crippen LogP contribution >= 0.6 is 0 Å². The highest BCUT2D eigenvalue weighted by molar-refractivity contribution is 5.75. The van der Waals surface area contributed by atoms with E-state index in [-0.39, 0.29) is 5.91 Å². The Balaban J connectivity index is 1.62. The highest BCUT2D eigenvalue weighted by Crippen LogP contribution is 2.15. The fourth-order valence-corrected chi connectivity index (χ4v) is 2.36. The molecule has 4 heteroatoms. The van der Waals surface area contributed by atoms with Crippen LogP contribution in [0.3, 0.4) is 0 Å². The Hall–Kier alpha value is -1.29. The molecule has 1 amide bonds. The van der Waals surface area contributed by atoms with Gasteiger partial charge in [-0.15, -0.1) is 0 Å². The summed E-state index contributed by atoms with van der Waals surface area (Å²) in [5.41, 5.74) is 0. The second-order valence-corrected chi connectivity index (χ2v) is 5.04. The summed E-state index contributed by atoms with van der Waals surface area (Å²) in [5, 5.41) is 6.27. The highest BCUT2D eigenvalue weighted by atomic mass is 16.3. The molecule has 0 aliphatic carbocycles. The van der Waals surface area contributed by atoms with Crippen LogP contribution in [-0.4, -0.2) is 19.0 Å². The Morgan fingerprint density at radius 3 is 3.11 bits per heavy atom. The lowest BCUT2D eigenvalue weighted by Gasteiger charge is -2.22. The molecular formula is C14H22N2O2. The van der Waals surface area contributed by atoms with Crippen LogP contribution in [0, 0.1) is 12.8 Å². The molecular weight excluding hydrogens is 228 g/mol. The Morgan fingerprint density at radius 2 is 2.44 bits per heavy atom. The van der Waals surface area contributed by atoms with E-state index in [1.54, 1.807) is 0 Å². The third-order valence-electron chi connectivity index (χ3n) is 3.43. The van der Waals surface area contributed by atoms with Gasteiger partial charge >= 0.3 is 0 Å². The molecule has 0 aromatic carbocycles. The van der Waals surface area contributed by atoms with Crippen LogP contribution in [0.5, 0.6) is 0 Å². The fraction of sp³-hybridized carbons (Fsp3) is 0.643. The number of hydrogen-bond acceptors (Lipinski definition) is 3. The first-order chi connectivity index (χ1) is 8.74. The topological polar surface area (TPSA) is 54.3 Å². The maximum absolute atomic E-state index is 11.7. The molecule has 1 atom stereocenters. The number of rotatable bonds is 5. The van der Waals surface area contributed by atoms with Gasteiger partial charge in [0.1, 0.15) is 11.5 Å². The van der Waals surface area contributed by atoms with Crippen LogP contribution in [-0.2, 0) is 11.3 Å². The monoisotopic (exact) mass is 250 g/mol. The standard InChI is InChI=1S/C14H22N2O2/c1-11-4-6-13(18-11)10-16-14(17)7-5-12-3-2-8-15-9-12/h4,6,12,15H,2-3,5,7-10H2,1H3,(H,16,17). The molecule has 1 aromatic rings. The zero-order valence-electron chi connectivity index (χ0n) is 11.0. The number of carbonyl (C=O) groups excluding carboxylic acids is 1. The van der Waals surface area contributed by atoms with Crippen molar-refractivity contribution in [2.45, 2.75) is 39.2 Å². The molecule has 0 radical (unpaired) electrons. The normalized spacial score (nSPS) is 19.7. The van der Waals surface area contributed by atoms with E-state index in [2.05, 4.69) is 10.6 Å². The fourth-order valence-electron chi connectivity index (χ4n) is 2.36. The first kappa shape index (κ1) is 13.1. The number of hydrogen-bond donors (Lipinski definition) is 2. The maximum Gasteiger partial charge on any atom is 0.220 e. The first-order valence-corrected chi connectivity index (χ1v) is 6.77. The van der Waals surface area contributed by atoms with Crippen molar-refractivity contribution in [1.82, 2.24) is 10.6 Å². The molecule has 2 N–H and O–H groups in total. The van der Waals surface area contributed by atoms with E-state index < -0.39 is 0 Å². The molecule has 0 saturated carbocycles. The van der Waals surface area contributed by atoms with E-state index in [0.717, 1.165) is 31.0 Å². The summed E-state index contributed by atoms with van der Waals surface area (Å²) >= 11 is 0. The van der Waals surface area contributed by atoms with Gasteiger partial charge in [0.2, 0.25) is 5.91 Å². The van der Waals surface area contributed by atoms with Gasteiger partial charge in [-0.05, 0) is 57.3 Å². The lowest BCUT2D eigenvalue weighted by molar-refractivity contribution is -0.121. The van der Waals surface area contributed by atoms with Crippen LogP contribution in [0.2, 0.25) is 0 Å². The summed E-state index contributed by atoms with van der Waals surface area (Å²) in [6.07, 6.45) is 4.08. The molecule has 1 saturated heterocycles. The van der Waals surface area contributed by atoms with Gasteiger partial charge in [-0.25, -0.2) is 0 Å². The predicted molar refractivity (Wildman–Crippen MR) is 70.1 cm³/mol. The largest absolute Gasteiger partial charge is 0.465 e. The molecule has 100 valence electrons. The maximum atomic E-state index is 11.7. The van der Waals surface area contributed by atoms with Crippen molar-refractivity contribution in [2.75, 3.05) is 13.1 Å². The quantitative estimate of drug-likeness (QED) is 0.840. The smallest absolute Gasteiger partial charge is 0.220 e. The van der Waals surface area contributed by atoms with Crippen molar-refractivity contribution in [2.24, 2.45) is 5.92 Å². The minimum Gasteiger partial charge on any atom is -0.465 e. The molecule has 0 bridgehead atoms. The average molecular weight is 250 g/mol. The Labute approximate surface area is 108 Å². The minimum absolute atomic E-state index is 0.120. The van der Waals surface area contributed by atoms with Crippen LogP contribution < -0.4 is 10.6 Å². The number of aryl methyl sites for hydroxylation is 1. The van der Waals surface area contributed by atoms with Crippen molar-refractivity contribution in [3.8, 4) is 0 Å². The Morgan fingerprint density at radius 1 is 1.56 bits per heavy atom. The first-order valence-electron chi connectivity index (χ1n) is 6.77. The molecule has 1 aromatic heterocycles. The van der Waals surface area contributed by atoms with Crippen LogP contribution in [0.4, 0.5) is 0 Å². The zero-order chi connectivity index (χ0) is 12.8. The highest BCUT2D eigenvalue weighted by Gasteiger charge is 2.14. The minimum atomic E-state index is 0.120. The van der Waals surface area contributed by atoms with Crippen LogP contribution in [0.25, 0.3) is 0 Å². The van der Waals surface area contributed by atoms with Gasteiger partial charge in [-0.1, -0.05) is 0 Å². The second kappa shape index (κ2) is 6.59. The Kier molecular flexibility index (Phi) is 4.81. The molecule has 4 nitrogen and oxygen atoms in total. The molecule has 2 heterocycles. The van der Waals surface area contributed by atoms with Gasteiger partial charge in [0, 0.05) is 6.42 Å². The van der Waals surface area contributed by atoms with E-state index in [0.29, 0.717) is 18.9 Å². The molecule has 0 spiro atoms. The van der Waals surface area contributed by atoms with E-state index in [9.17, 15) is 4.79 Å². The predicted octanol–water partition coefficient (Wildman–Crippen LogP) is 1.98. The SMILES string of the molecule is Cc1ccc(CNC(=O)CCC2CCCNC2)o1. The average Bonchev–Trinajstić information content (AvgIpc) is 2.81. The van der Waals surface area contributed by atoms with Gasteiger partial charge in [0.25, 0.3) is 0 Å². The number of piperidine rings is 1. The van der Waals surface area contributed by atoms with Crippen molar-refractivity contribution in [3.63, 3.8) is 0 Å². The van der Waals surface area contributed by atoms with Gasteiger partial charge in [0.05, 0.1) is 6.54 Å². The van der Waals surface area contributed by atoms with Gasteiger partial charge < -0.3 is 15.1 Å². The molecule has 18 heavy (non-hydrogen) atoms. The third kappa shape index (κ3) is 4.18. The lowest BCUT2D eigenvalue weighted by Crippen LogP contribution is -2.31. The summed E-state index contributed by atoms with van der Waals surface area (Å²) in [4.78, 5) is 11.7.